The minimum Gasteiger partial charge on any atom is -0.375 e. The fraction of sp³-hybridized carbons (Fsp3) is 0.667. The molecule has 2 rings (SSSR count). The number of ether oxygens (including phenoxy) is 1. The van der Waals surface area contributed by atoms with E-state index >= 15 is 0 Å². The summed E-state index contributed by atoms with van der Waals surface area (Å²) in [6.07, 6.45) is 5.61. The van der Waals surface area contributed by atoms with E-state index in [1.807, 2.05) is 0 Å². The van der Waals surface area contributed by atoms with Gasteiger partial charge < -0.3 is 10.1 Å². The van der Waals surface area contributed by atoms with Crippen LogP contribution in [0.1, 0.15) is 45.6 Å². The second kappa shape index (κ2) is 8.30. The molecule has 0 radical (unpaired) electrons. The Bertz CT molecular complexity index is 435. The highest BCUT2D eigenvalue weighted by Crippen LogP contribution is 2.26. The molecule has 1 aliphatic rings. The average Bonchev–Trinajstić information content (AvgIpc) is 2.81. The Morgan fingerprint density at radius 1 is 1.33 bits per heavy atom. The summed E-state index contributed by atoms with van der Waals surface area (Å²) in [6.45, 7) is 7.68. The monoisotopic (exact) mass is 353 g/mol. The highest BCUT2D eigenvalue weighted by Gasteiger charge is 2.25. The van der Waals surface area contributed by atoms with Crippen molar-refractivity contribution in [2.24, 2.45) is 5.92 Å². The van der Waals surface area contributed by atoms with Gasteiger partial charge in [0, 0.05) is 10.5 Å². The molecule has 1 aromatic carbocycles. The van der Waals surface area contributed by atoms with Crippen LogP contribution in [0.2, 0.25) is 0 Å². The van der Waals surface area contributed by atoms with E-state index in [2.05, 4.69) is 66.3 Å². The second-order valence-electron chi connectivity index (χ2n) is 6.64. The Labute approximate surface area is 137 Å². The van der Waals surface area contributed by atoms with Crippen molar-refractivity contribution in [3.8, 4) is 0 Å². The Hall–Kier alpha value is -0.380. The van der Waals surface area contributed by atoms with Crippen molar-refractivity contribution in [3.63, 3.8) is 0 Å². The molecule has 1 aliphatic heterocycles. The van der Waals surface area contributed by atoms with Gasteiger partial charge in [0.25, 0.3) is 0 Å². The molecule has 21 heavy (non-hydrogen) atoms. The molecule has 0 aromatic heterocycles. The van der Waals surface area contributed by atoms with Crippen LogP contribution >= 0.6 is 15.9 Å². The van der Waals surface area contributed by atoms with Gasteiger partial charge in [0.2, 0.25) is 0 Å². The Balaban J connectivity index is 1.94. The lowest BCUT2D eigenvalue weighted by molar-refractivity contribution is 0.0406. The maximum atomic E-state index is 6.02. The minimum absolute atomic E-state index is 0.444. The van der Waals surface area contributed by atoms with Crippen molar-refractivity contribution in [2.75, 3.05) is 6.54 Å². The molecule has 1 fully saturated rings. The van der Waals surface area contributed by atoms with Gasteiger partial charge in [-0.25, -0.2) is 0 Å². The summed E-state index contributed by atoms with van der Waals surface area (Å²) in [5.41, 5.74) is 1.41. The van der Waals surface area contributed by atoms with Crippen molar-refractivity contribution >= 4 is 15.9 Å². The molecule has 3 atom stereocenters. The topological polar surface area (TPSA) is 21.3 Å². The molecule has 0 saturated carbocycles. The predicted octanol–water partition coefficient (Wildman–Crippen LogP) is 4.56. The maximum Gasteiger partial charge on any atom is 0.0583 e. The van der Waals surface area contributed by atoms with Crippen molar-refractivity contribution in [1.82, 2.24) is 5.32 Å². The normalized spacial score (nSPS) is 23.7. The molecule has 0 amide bonds. The smallest absolute Gasteiger partial charge is 0.0583 e. The third kappa shape index (κ3) is 6.09. The first-order valence-electron chi connectivity index (χ1n) is 8.16. The summed E-state index contributed by atoms with van der Waals surface area (Å²) in [4.78, 5) is 0. The molecule has 3 heteroatoms. The molecule has 1 N–H and O–H groups in total. The first kappa shape index (κ1) is 17.0. The van der Waals surface area contributed by atoms with Gasteiger partial charge >= 0.3 is 0 Å². The third-order valence-corrected chi connectivity index (χ3v) is 4.64. The standard InChI is InChI=1S/C18H28BrNO/c1-13(2)20-12-16(11-18-8-7-14(3)21-18)9-15-5-4-6-17(19)10-15/h4-6,10,13-14,16,18,20H,7-9,11-12H2,1-3H3. The number of rotatable bonds is 7. The molecule has 118 valence electrons. The van der Waals surface area contributed by atoms with E-state index in [0.717, 1.165) is 19.4 Å². The van der Waals surface area contributed by atoms with Crippen LogP contribution in [0.4, 0.5) is 0 Å². The van der Waals surface area contributed by atoms with E-state index in [-0.39, 0.29) is 0 Å². The Kier molecular flexibility index (Phi) is 6.72. The Morgan fingerprint density at radius 2 is 2.14 bits per heavy atom. The first-order chi connectivity index (χ1) is 10.0. The van der Waals surface area contributed by atoms with Crippen LogP contribution in [0.15, 0.2) is 28.7 Å². The molecule has 1 aromatic rings. The average molecular weight is 354 g/mol. The number of nitrogens with one attached hydrogen (secondary N) is 1. The van der Waals surface area contributed by atoms with Crippen LogP contribution in [0.5, 0.6) is 0 Å². The van der Waals surface area contributed by atoms with Crippen LogP contribution < -0.4 is 5.32 Å². The zero-order chi connectivity index (χ0) is 15.2. The van der Waals surface area contributed by atoms with Crippen molar-refractivity contribution in [1.29, 1.82) is 0 Å². The second-order valence-corrected chi connectivity index (χ2v) is 7.56. The van der Waals surface area contributed by atoms with Crippen LogP contribution in [0.3, 0.4) is 0 Å². The zero-order valence-corrected chi connectivity index (χ0v) is 15.0. The largest absolute Gasteiger partial charge is 0.375 e. The number of hydrogen-bond acceptors (Lipinski definition) is 2. The van der Waals surface area contributed by atoms with Gasteiger partial charge in [-0.3, -0.25) is 0 Å². The summed E-state index contributed by atoms with van der Waals surface area (Å²) < 4.78 is 7.19. The van der Waals surface area contributed by atoms with Gasteiger partial charge in [-0.15, -0.1) is 0 Å². The van der Waals surface area contributed by atoms with Crippen LogP contribution in [-0.2, 0) is 11.2 Å². The van der Waals surface area contributed by atoms with E-state index in [1.54, 1.807) is 0 Å². The summed E-state index contributed by atoms with van der Waals surface area (Å²) >= 11 is 3.57. The lowest BCUT2D eigenvalue weighted by atomic mass is 9.92. The third-order valence-electron chi connectivity index (χ3n) is 4.14. The fourth-order valence-corrected chi connectivity index (χ4v) is 3.52. The molecule has 0 bridgehead atoms. The maximum absolute atomic E-state index is 6.02. The summed E-state index contributed by atoms with van der Waals surface area (Å²) in [7, 11) is 0. The molecular formula is C18H28BrNO. The van der Waals surface area contributed by atoms with Crippen LogP contribution in [0.25, 0.3) is 0 Å². The van der Waals surface area contributed by atoms with E-state index in [0.29, 0.717) is 24.2 Å². The lowest BCUT2D eigenvalue weighted by Gasteiger charge is -2.23. The van der Waals surface area contributed by atoms with Crippen molar-refractivity contribution in [2.45, 2.75) is 64.7 Å². The van der Waals surface area contributed by atoms with E-state index < -0.39 is 0 Å². The van der Waals surface area contributed by atoms with Gasteiger partial charge in [0.1, 0.15) is 0 Å². The summed E-state index contributed by atoms with van der Waals surface area (Å²) in [5, 5.41) is 3.60. The van der Waals surface area contributed by atoms with E-state index in [1.165, 1.54) is 22.9 Å². The zero-order valence-electron chi connectivity index (χ0n) is 13.4. The molecule has 2 nitrogen and oxygen atoms in total. The van der Waals surface area contributed by atoms with E-state index in [4.69, 9.17) is 4.74 Å². The van der Waals surface area contributed by atoms with Gasteiger partial charge in [-0.1, -0.05) is 41.9 Å². The molecular weight excluding hydrogens is 326 g/mol. The molecule has 3 unspecified atom stereocenters. The predicted molar refractivity (Wildman–Crippen MR) is 92.7 cm³/mol. The fourth-order valence-electron chi connectivity index (χ4n) is 3.07. The SMILES string of the molecule is CC(C)NCC(Cc1cccc(Br)c1)CC1CCC(C)O1. The van der Waals surface area contributed by atoms with Gasteiger partial charge in [-0.2, -0.15) is 0 Å². The molecule has 0 aliphatic carbocycles. The molecule has 0 spiro atoms. The van der Waals surface area contributed by atoms with Gasteiger partial charge in [-0.05, 0) is 62.8 Å². The van der Waals surface area contributed by atoms with Crippen LogP contribution in [0, 0.1) is 5.92 Å². The van der Waals surface area contributed by atoms with Gasteiger partial charge in [0.15, 0.2) is 0 Å². The number of halogens is 1. The molecule has 1 saturated heterocycles. The van der Waals surface area contributed by atoms with E-state index in [9.17, 15) is 0 Å². The highest BCUT2D eigenvalue weighted by molar-refractivity contribution is 9.10. The number of hydrogen-bond donors (Lipinski definition) is 1. The first-order valence-corrected chi connectivity index (χ1v) is 8.95. The minimum atomic E-state index is 0.444. The Morgan fingerprint density at radius 3 is 2.76 bits per heavy atom. The quantitative estimate of drug-likeness (QED) is 0.775. The molecule has 1 heterocycles. The van der Waals surface area contributed by atoms with Crippen molar-refractivity contribution in [3.05, 3.63) is 34.3 Å². The highest BCUT2D eigenvalue weighted by atomic mass is 79.9. The lowest BCUT2D eigenvalue weighted by Crippen LogP contribution is -2.32. The number of benzene rings is 1. The summed E-state index contributed by atoms with van der Waals surface area (Å²) in [5.74, 6) is 0.636. The van der Waals surface area contributed by atoms with Gasteiger partial charge in [0.05, 0.1) is 12.2 Å². The van der Waals surface area contributed by atoms with Crippen molar-refractivity contribution < 1.29 is 4.74 Å². The summed E-state index contributed by atoms with van der Waals surface area (Å²) in [6, 6.07) is 9.22. The van der Waals surface area contributed by atoms with Crippen LogP contribution in [-0.4, -0.2) is 24.8 Å².